The molecule has 0 aromatic heterocycles. The van der Waals surface area contributed by atoms with Crippen molar-refractivity contribution in [2.45, 2.75) is 104 Å². The molecular weight excluding hydrogens is 456 g/mol. The van der Waals surface area contributed by atoms with Crippen molar-refractivity contribution < 1.29 is 14.6 Å². The van der Waals surface area contributed by atoms with Gasteiger partial charge in [-0.3, -0.25) is 0 Å². The summed E-state index contributed by atoms with van der Waals surface area (Å²) in [7, 11) is 0. The molecule has 0 saturated carbocycles. The first-order valence-electron chi connectivity index (χ1n) is 14.0. The minimum Gasteiger partial charge on any atom is -0.508 e. The van der Waals surface area contributed by atoms with E-state index in [0.29, 0.717) is 18.6 Å². The van der Waals surface area contributed by atoms with Gasteiger partial charge in [-0.15, -0.1) is 0 Å². The van der Waals surface area contributed by atoms with Gasteiger partial charge in [-0.1, -0.05) is 75.2 Å². The second kappa shape index (κ2) is 13.0. The zero-order chi connectivity index (χ0) is 26.9. The van der Waals surface area contributed by atoms with E-state index in [1.54, 1.807) is 6.07 Å². The second-order valence-corrected chi connectivity index (χ2v) is 11.4. The first-order valence-corrected chi connectivity index (χ1v) is 14.0. The molecule has 200 valence electrons. The van der Waals surface area contributed by atoms with Crippen LogP contribution in [0.1, 0.15) is 89.5 Å². The van der Waals surface area contributed by atoms with Crippen LogP contribution in [0.4, 0.5) is 0 Å². The van der Waals surface area contributed by atoms with Crippen molar-refractivity contribution in [3.63, 3.8) is 0 Å². The molecule has 0 atom stereocenters. The van der Waals surface area contributed by atoms with Crippen LogP contribution in [0.2, 0.25) is 0 Å². The average Bonchev–Trinajstić information content (AvgIpc) is 2.84. The molecule has 0 aliphatic rings. The van der Waals surface area contributed by atoms with Gasteiger partial charge in [0.15, 0.2) is 0 Å². The van der Waals surface area contributed by atoms with E-state index in [1.807, 2.05) is 18.2 Å². The highest BCUT2D eigenvalue weighted by Gasteiger charge is 2.28. The van der Waals surface area contributed by atoms with E-state index in [0.717, 1.165) is 61.2 Å². The molecule has 3 heteroatoms. The SMILES string of the molecule is CCCCc1ccccc1OC(C)(C)Cc1cccc(O)c1CC(C)(C)Oc1ccccc1CCCC. The summed E-state index contributed by atoms with van der Waals surface area (Å²) in [5.74, 6) is 2.20. The van der Waals surface area contributed by atoms with Crippen LogP contribution in [-0.4, -0.2) is 16.3 Å². The summed E-state index contributed by atoms with van der Waals surface area (Å²) in [4.78, 5) is 0. The molecule has 0 heterocycles. The third-order valence-electron chi connectivity index (χ3n) is 6.78. The zero-order valence-electron chi connectivity index (χ0n) is 23.8. The van der Waals surface area contributed by atoms with Crippen molar-refractivity contribution >= 4 is 0 Å². The predicted molar refractivity (Wildman–Crippen MR) is 155 cm³/mol. The molecule has 0 unspecified atom stereocenters. The lowest BCUT2D eigenvalue weighted by Crippen LogP contribution is -2.34. The number of rotatable bonds is 14. The molecule has 3 rings (SSSR count). The first kappa shape index (κ1) is 28.6. The molecule has 0 aliphatic carbocycles. The van der Waals surface area contributed by atoms with Crippen LogP contribution in [-0.2, 0) is 25.7 Å². The van der Waals surface area contributed by atoms with Crippen LogP contribution in [0.15, 0.2) is 66.7 Å². The summed E-state index contributed by atoms with van der Waals surface area (Å²) in [6.45, 7) is 12.9. The number of unbranched alkanes of at least 4 members (excludes halogenated alkanes) is 2. The monoisotopic (exact) mass is 502 g/mol. The Bertz CT molecular complexity index is 1130. The Morgan fingerprint density at radius 1 is 0.595 bits per heavy atom. The molecule has 3 aromatic rings. The summed E-state index contributed by atoms with van der Waals surface area (Å²) >= 11 is 0. The number of phenolic OH excluding ortho intramolecular Hbond substituents is 1. The van der Waals surface area contributed by atoms with Crippen LogP contribution in [0.25, 0.3) is 0 Å². The van der Waals surface area contributed by atoms with E-state index in [9.17, 15) is 5.11 Å². The number of para-hydroxylation sites is 2. The van der Waals surface area contributed by atoms with Crippen LogP contribution in [0, 0.1) is 0 Å². The Morgan fingerprint density at radius 3 is 1.57 bits per heavy atom. The van der Waals surface area contributed by atoms with Gasteiger partial charge in [0, 0.05) is 18.4 Å². The molecule has 0 saturated heterocycles. The topological polar surface area (TPSA) is 38.7 Å². The Kier molecular flexibility index (Phi) is 10.1. The van der Waals surface area contributed by atoms with Gasteiger partial charge in [-0.25, -0.2) is 0 Å². The van der Waals surface area contributed by atoms with Crippen molar-refractivity contribution in [1.82, 2.24) is 0 Å². The average molecular weight is 503 g/mol. The highest BCUT2D eigenvalue weighted by atomic mass is 16.5. The fourth-order valence-corrected chi connectivity index (χ4v) is 4.90. The van der Waals surface area contributed by atoms with Crippen LogP contribution in [0.3, 0.4) is 0 Å². The first-order chi connectivity index (χ1) is 17.6. The Balaban J connectivity index is 1.80. The number of aryl methyl sites for hydroxylation is 2. The number of hydrogen-bond donors (Lipinski definition) is 1. The quantitative estimate of drug-likeness (QED) is 0.239. The highest BCUT2D eigenvalue weighted by Crippen LogP contribution is 2.34. The standard InChI is InChI=1S/C34H46O3/c1-7-9-16-26-18-11-13-22-31(26)36-33(3,4)24-28-20-15-21-30(35)29(28)25-34(5,6)37-32-23-14-12-19-27(32)17-10-8-2/h11-15,18-23,35H,7-10,16-17,24-25H2,1-6H3. The molecule has 0 aliphatic heterocycles. The van der Waals surface area contributed by atoms with E-state index < -0.39 is 11.2 Å². The van der Waals surface area contributed by atoms with Crippen molar-refractivity contribution in [2.75, 3.05) is 0 Å². The number of ether oxygens (including phenoxy) is 2. The van der Waals surface area contributed by atoms with Gasteiger partial charge >= 0.3 is 0 Å². The molecule has 0 radical (unpaired) electrons. The van der Waals surface area contributed by atoms with Gasteiger partial charge in [0.1, 0.15) is 28.5 Å². The maximum Gasteiger partial charge on any atom is 0.123 e. The van der Waals surface area contributed by atoms with Gasteiger partial charge in [-0.2, -0.15) is 0 Å². The molecule has 0 amide bonds. The van der Waals surface area contributed by atoms with Crippen LogP contribution >= 0.6 is 0 Å². The third kappa shape index (κ3) is 8.55. The van der Waals surface area contributed by atoms with Gasteiger partial charge in [0.2, 0.25) is 0 Å². The largest absolute Gasteiger partial charge is 0.508 e. The van der Waals surface area contributed by atoms with Crippen molar-refractivity contribution in [1.29, 1.82) is 0 Å². The summed E-state index contributed by atoms with van der Waals surface area (Å²) < 4.78 is 13.2. The summed E-state index contributed by atoms with van der Waals surface area (Å²) in [5, 5.41) is 10.9. The maximum atomic E-state index is 10.9. The van der Waals surface area contributed by atoms with E-state index in [4.69, 9.17) is 9.47 Å². The zero-order valence-corrected chi connectivity index (χ0v) is 23.8. The fraction of sp³-hybridized carbons (Fsp3) is 0.471. The van der Waals surface area contributed by atoms with E-state index in [-0.39, 0.29) is 0 Å². The van der Waals surface area contributed by atoms with Crippen LogP contribution in [0.5, 0.6) is 17.2 Å². The lowest BCUT2D eigenvalue weighted by molar-refractivity contribution is 0.101. The summed E-state index contributed by atoms with van der Waals surface area (Å²) in [5.41, 5.74) is 3.58. The lowest BCUT2D eigenvalue weighted by Gasteiger charge is -2.32. The van der Waals surface area contributed by atoms with Gasteiger partial charge < -0.3 is 14.6 Å². The molecule has 3 nitrogen and oxygen atoms in total. The molecule has 0 bridgehead atoms. The highest BCUT2D eigenvalue weighted by molar-refractivity contribution is 5.42. The molecule has 1 N–H and O–H groups in total. The number of hydrogen-bond acceptors (Lipinski definition) is 3. The minimum absolute atomic E-state index is 0.313. The van der Waals surface area contributed by atoms with Crippen molar-refractivity contribution in [2.24, 2.45) is 0 Å². The normalized spacial score (nSPS) is 11.9. The maximum absolute atomic E-state index is 10.9. The second-order valence-electron chi connectivity index (χ2n) is 11.4. The number of benzene rings is 3. The molecular formula is C34H46O3. The molecule has 0 fully saturated rings. The molecule has 3 aromatic carbocycles. The molecule has 0 spiro atoms. The number of aromatic hydroxyl groups is 1. The van der Waals surface area contributed by atoms with Gasteiger partial charge in [0.25, 0.3) is 0 Å². The lowest BCUT2D eigenvalue weighted by atomic mass is 9.88. The van der Waals surface area contributed by atoms with Gasteiger partial charge in [0.05, 0.1) is 0 Å². The predicted octanol–water partition coefficient (Wildman–Crippen LogP) is 8.88. The molecule has 37 heavy (non-hydrogen) atoms. The third-order valence-corrected chi connectivity index (χ3v) is 6.78. The summed E-state index contributed by atoms with van der Waals surface area (Å²) in [6, 6.07) is 22.5. The minimum atomic E-state index is -0.492. The van der Waals surface area contributed by atoms with Crippen LogP contribution < -0.4 is 9.47 Å². The van der Waals surface area contributed by atoms with Gasteiger partial charge in [-0.05, 0) is 88.3 Å². The van der Waals surface area contributed by atoms with E-state index in [1.165, 1.54) is 11.1 Å². The van der Waals surface area contributed by atoms with Crippen molar-refractivity contribution in [3.05, 3.63) is 89.0 Å². The number of phenols is 1. The Labute approximate surface area is 224 Å². The van der Waals surface area contributed by atoms with E-state index in [2.05, 4.69) is 84.0 Å². The summed E-state index contributed by atoms with van der Waals surface area (Å²) in [6.07, 6.45) is 7.91. The fourth-order valence-electron chi connectivity index (χ4n) is 4.90. The Hall–Kier alpha value is -2.94. The van der Waals surface area contributed by atoms with E-state index >= 15 is 0 Å². The van der Waals surface area contributed by atoms with Crippen molar-refractivity contribution in [3.8, 4) is 17.2 Å². The Morgan fingerprint density at radius 2 is 1.05 bits per heavy atom. The smallest absolute Gasteiger partial charge is 0.123 e.